The van der Waals surface area contributed by atoms with Crippen LogP contribution in [0.15, 0.2) is 4.99 Å². The van der Waals surface area contributed by atoms with Crippen LogP contribution in [-0.2, 0) is 4.74 Å². The SMILES string of the molecule is CCC1CN=C(NCCCCCOC)S1. The van der Waals surface area contributed by atoms with E-state index < -0.39 is 0 Å². The first-order valence-corrected chi connectivity index (χ1v) is 6.68. The van der Waals surface area contributed by atoms with Crippen molar-refractivity contribution >= 4 is 16.9 Å². The van der Waals surface area contributed by atoms with Gasteiger partial charge in [-0.2, -0.15) is 0 Å². The third kappa shape index (κ3) is 5.42. The van der Waals surface area contributed by atoms with Crippen LogP contribution in [0, 0.1) is 0 Å². The molecule has 88 valence electrons. The predicted octanol–water partition coefficient (Wildman–Crippen LogP) is 2.27. The van der Waals surface area contributed by atoms with E-state index in [1.165, 1.54) is 19.3 Å². The maximum atomic E-state index is 5.00. The number of nitrogens with zero attached hydrogens (tertiary/aromatic N) is 1. The number of unbranched alkanes of at least 4 members (excludes halogenated alkanes) is 2. The number of nitrogens with one attached hydrogen (secondary N) is 1. The Morgan fingerprint density at radius 3 is 3.00 bits per heavy atom. The molecule has 0 saturated heterocycles. The van der Waals surface area contributed by atoms with Gasteiger partial charge in [-0.05, 0) is 25.7 Å². The van der Waals surface area contributed by atoms with Crippen molar-refractivity contribution in [2.45, 2.75) is 37.9 Å². The standard InChI is InChI=1S/C11H22N2OS/c1-3-10-9-13-11(15-10)12-7-5-4-6-8-14-2/h10H,3-9H2,1-2H3,(H,12,13). The van der Waals surface area contributed by atoms with Crippen LogP contribution in [-0.4, -0.2) is 37.2 Å². The Hall–Kier alpha value is -0.220. The highest BCUT2D eigenvalue weighted by molar-refractivity contribution is 8.14. The van der Waals surface area contributed by atoms with Gasteiger partial charge in [-0.1, -0.05) is 18.7 Å². The lowest BCUT2D eigenvalue weighted by atomic mass is 10.2. The van der Waals surface area contributed by atoms with Crippen molar-refractivity contribution in [3.63, 3.8) is 0 Å². The van der Waals surface area contributed by atoms with Crippen molar-refractivity contribution in [1.29, 1.82) is 0 Å². The molecule has 0 amide bonds. The van der Waals surface area contributed by atoms with Gasteiger partial charge >= 0.3 is 0 Å². The summed E-state index contributed by atoms with van der Waals surface area (Å²) in [6.45, 7) is 5.15. The normalized spacial score (nSPS) is 20.4. The minimum absolute atomic E-state index is 0.709. The van der Waals surface area contributed by atoms with Crippen molar-refractivity contribution in [2.24, 2.45) is 4.99 Å². The second-order valence-corrected chi connectivity index (χ2v) is 5.06. The highest BCUT2D eigenvalue weighted by atomic mass is 32.2. The average Bonchev–Trinajstić information content (AvgIpc) is 2.71. The van der Waals surface area contributed by atoms with Gasteiger partial charge in [-0.3, -0.25) is 4.99 Å². The summed E-state index contributed by atoms with van der Waals surface area (Å²) >= 11 is 1.89. The average molecular weight is 230 g/mol. The van der Waals surface area contributed by atoms with E-state index in [0.717, 1.165) is 31.3 Å². The lowest BCUT2D eigenvalue weighted by Crippen LogP contribution is -2.20. The molecule has 4 heteroatoms. The summed E-state index contributed by atoms with van der Waals surface area (Å²) in [7, 11) is 1.76. The largest absolute Gasteiger partial charge is 0.385 e. The number of aliphatic imine (C=N–C) groups is 1. The number of ether oxygens (including phenoxy) is 1. The monoisotopic (exact) mass is 230 g/mol. The molecule has 1 aliphatic rings. The number of thioether (sulfide) groups is 1. The zero-order chi connectivity index (χ0) is 10.9. The third-order valence-corrected chi connectivity index (χ3v) is 3.79. The summed E-state index contributed by atoms with van der Waals surface area (Å²) in [5.74, 6) is 0. The fourth-order valence-corrected chi connectivity index (χ4v) is 2.44. The van der Waals surface area contributed by atoms with E-state index in [4.69, 9.17) is 4.74 Å². The smallest absolute Gasteiger partial charge is 0.156 e. The van der Waals surface area contributed by atoms with E-state index in [-0.39, 0.29) is 0 Å². The molecule has 0 aromatic heterocycles. The highest BCUT2D eigenvalue weighted by Gasteiger charge is 2.16. The van der Waals surface area contributed by atoms with Gasteiger partial charge in [0, 0.05) is 25.5 Å². The number of amidine groups is 1. The number of rotatable bonds is 7. The minimum Gasteiger partial charge on any atom is -0.385 e. The molecule has 1 rings (SSSR count). The van der Waals surface area contributed by atoms with Crippen LogP contribution in [0.1, 0.15) is 32.6 Å². The van der Waals surface area contributed by atoms with Crippen LogP contribution in [0.25, 0.3) is 0 Å². The summed E-state index contributed by atoms with van der Waals surface area (Å²) in [6.07, 6.45) is 4.82. The van der Waals surface area contributed by atoms with Crippen LogP contribution in [0.5, 0.6) is 0 Å². The molecule has 1 heterocycles. The van der Waals surface area contributed by atoms with E-state index in [1.807, 2.05) is 11.8 Å². The highest BCUT2D eigenvalue weighted by Crippen LogP contribution is 2.21. The molecule has 0 bridgehead atoms. The van der Waals surface area contributed by atoms with Crippen LogP contribution in [0.4, 0.5) is 0 Å². The van der Waals surface area contributed by atoms with Crippen LogP contribution < -0.4 is 5.32 Å². The van der Waals surface area contributed by atoms with Gasteiger partial charge in [0.2, 0.25) is 0 Å². The first-order valence-electron chi connectivity index (χ1n) is 5.80. The molecule has 1 atom stereocenters. The fraction of sp³-hybridized carbons (Fsp3) is 0.909. The zero-order valence-electron chi connectivity index (χ0n) is 9.79. The molecular formula is C11H22N2OS. The predicted molar refractivity (Wildman–Crippen MR) is 67.7 cm³/mol. The number of hydrogen-bond donors (Lipinski definition) is 1. The molecule has 0 fully saturated rings. The quantitative estimate of drug-likeness (QED) is 0.681. The Bertz CT molecular complexity index is 197. The Balaban J connectivity index is 1.92. The number of hydrogen-bond acceptors (Lipinski definition) is 4. The molecule has 1 aliphatic heterocycles. The van der Waals surface area contributed by atoms with Crippen LogP contribution >= 0.6 is 11.8 Å². The molecule has 0 aromatic carbocycles. The van der Waals surface area contributed by atoms with Crippen LogP contribution in [0.2, 0.25) is 0 Å². The van der Waals surface area contributed by atoms with Crippen LogP contribution in [0.3, 0.4) is 0 Å². The van der Waals surface area contributed by atoms with Gasteiger partial charge in [0.15, 0.2) is 5.17 Å². The summed E-state index contributed by atoms with van der Waals surface area (Å²) in [4.78, 5) is 4.47. The van der Waals surface area contributed by atoms with Gasteiger partial charge in [0.05, 0.1) is 6.54 Å². The molecular weight excluding hydrogens is 208 g/mol. The molecule has 0 aromatic rings. The minimum atomic E-state index is 0.709. The summed E-state index contributed by atoms with van der Waals surface area (Å²) in [5, 5.41) is 5.25. The molecule has 1 N–H and O–H groups in total. The summed E-state index contributed by atoms with van der Waals surface area (Å²) in [6, 6.07) is 0. The van der Waals surface area contributed by atoms with Crippen molar-refractivity contribution < 1.29 is 4.74 Å². The molecule has 0 radical (unpaired) electrons. The van der Waals surface area contributed by atoms with Gasteiger partial charge in [-0.15, -0.1) is 0 Å². The molecule has 15 heavy (non-hydrogen) atoms. The van der Waals surface area contributed by atoms with Crippen molar-refractivity contribution in [3.05, 3.63) is 0 Å². The Labute approximate surface area is 97.1 Å². The van der Waals surface area contributed by atoms with E-state index in [9.17, 15) is 0 Å². The zero-order valence-corrected chi connectivity index (χ0v) is 10.6. The van der Waals surface area contributed by atoms with Gasteiger partial charge in [0.1, 0.15) is 0 Å². The van der Waals surface area contributed by atoms with E-state index in [1.54, 1.807) is 7.11 Å². The maximum Gasteiger partial charge on any atom is 0.156 e. The van der Waals surface area contributed by atoms with Gasteiger partial charge in [0.25, 0.3) is 0 Å². The lowest BCUT2D eigenvalue weighted by Gasteiger charge is -2.06. The van der Waals surface area contributed by atoms with E-state index >= 15 is 0 Å². The van der Waals surface area contributed by atoms with Crippen molar-refractivity contribution in [1.82, 2.24) is 5.32 Å². The molecule has 0 saturated carbocycles. The molecule has 3 nitrogen and oxygen atoms in total. The first kappa shape index (κ1) is 12.8. The fourth-order valence-electron chi connectivity index (χ4n) is 1.47. The topological polar surface area (TPSA) is 33.6 Å². The molecule has 0 aliphatic carbocycles. The van der Waals surface area contributed by atoms with E-state index in [2.05, 4.69) is 17.2 Å². The Kier molecular flexibility index (Phi) is 6.85. The first-order chi connectivity index (χ1) is 7.36. The second-order valence-electron chi connectivity index (χ2n) is 3.77. The Morgan fingerprint density at radius 1 is 1.47 bits per heavy atom. The molecule has 0 spiro atoms. The Morgan fingerprint density at radius 2 is 2.33 bits per heavy atom. The van der Waals surface area contributed by atoms with E-state index in [0.29, 0.717) is 5.25 Å². The van der Waals surface area contributed by atoms with Crippen molar-refractivity contribution in [3.8, 4) is 0 Å². The lowest BCUT2D eigenvalue weighted by molar-refractivity contribution is 0.192. The molecule has 1 unspecified atom stereocenters. The maximum absolute atomic E-state index is 5.00. The van der Waals surface area contributed by atoms with Gasteiger partial charge in [-0.25, -0.2) is 0 Å². The third-order valence-electron chi connectivity index (χ3n) is 2.47. The van der Waals surface area contributed by atoms with Crippen molar-refractivity contribution in [2.75, 3.05) is 26.8 Å². The summed E-state index contributed by atoms with van der Waals surface area (Å²) < 4.78 is 5.00. The second kappa shape index (κ2) is 7.99. The number of methoxy groups -OCH3 is 1. The van der Waals surface area contributed by atoms with Gasteiger partial charge < -0.3 is 10.1 Å². The summed E-state index contributed by atoms with van der Waals surface area (Å²) in [5.41, 5.74) is 0.